The first-order valence-electron chi connectivity index (χ1n) is 7.64. The van der Waals surface area contributed by atoms with Gasteiger partial charge in [-0.25, -0.2) is 0 Å². The zero-order valence-corrected chi connectivity index (χ0v) is 12.4. The minimum atomic E-state index is 0.0548. The number of phenolic OH excluding ortho intramolecular Hbond substituents is 2. The molecule has 3 rings (SSSR count). The van der Waals surface area contributed by atoms with Gasteiger partial charge in [-0.05, 0) is 25.0 Å². The fraction of sp³-hybridized carbons (Fsp3) is 0.500. The van der Waals surface area contributed by atoms with E-state index in [4.69, 9.17) is 0 Å². The number of likely N-dealkylation sites (tertiary alicyclic amines) is 2. The van der Waals surface area contributed by atoms with Crippen LogP contribution >= 0.6 is 0 Å². The molecule has 2 aliphatic heterocycles. The average molecular weight is 304 g/mol. The summed E-state index contributed by atoms with van der Waals surface area (Å²) in [7, 11) is 0. The number of hydrogen-bond acceptors (Lipinski definition) is 4. The molecule has 2 fully saturated rings. The summed E-state index contributed by atoms with van der Waals surface area (Å²) in [6.45, 7) is 1.98. The Morgan fingerprint density at radius 2 is 1.23 bits per heavy atom. The molecule has 0 spiro atoms. The fourth-order valence-electron chi connectivity index (χ4n) is 3.07. The number of carbonyl (C=O) groups is 2. The highest BCUT2D eigenvalue weighted by molar-refractivity contribution is 5.78. The van der Waals surface area contributed by atoms with Crippen molar-refractivity contribution in [3.63, 3.8) is 0 Å². The molecule has 6 nitrogen and oxygen atoms in total. The molecule has 2 amide bonds. The van der Waals surface area contributed by atoms with Gasteiger partial charge in [-0.15, -0.1) is 0 Å². The lowest BCUT2D eigenvalue weighted by Crippen LogP contribution is -2.24. The minimum Gasteiger partial charge on any atom is -0.508 e. The average Bonchev–Trinajstić information content (AvgIpc) is 3.05. The number of benzene rings is 1. The summed E-state index contributed by atoms with van der Waals surface area (Å²) in [5, 5.41) is 20.3. The predicted octanol–water partition coefficient (Wildman–Crippen LogP) is 1.34. The van der Waals surface area contributed by atoms with E-state index in [-0.39, 0.29) is 23.3 Å². The van der Waals surface area contributed by atoms with E-state index in [0.29, 0.717) is 50.1 Å². The van der Waals surface area contributed by atoms with Gasteiger partial charge >= 0.3 is 0 Å². The summed E-state index contributed by atoms with van der Waals surface area (Å²) in [5.41, 5.74) is 1.06. The van der Waals surface area contributed by atoms with Gasteiger partial charge in [0, 0.05) is 50.1 Å². The van der Waals surface area contributed by atoms with Crippen molar-refractivity contribution in [3.8, 4) is 11.5 Å². The molecule has 2 N–H and O–H groups in total. The van der Waals surface area contributed by atoms with E-state index < -0.39 is 0 Å². The molecule has 0 bridgehead atoms. The Labute approximate surface area is 129 Å². The van der Waals surface area contributed by atoms with E-state index in [1.54, 1.807) is 9.80 Å². The molecule has 2 aliphatic rings. The molecule has 2 saturated heterocycles. The zero-order chi connectivity index (χ0) is 15.7. The molecule has 0 aliphatic carbocycles. The molecule has 0 saturated carbocycles. The van der Waals surface area contributed by atoms with Crippen LogP contribution in [0.1, 0.15) is 36.8 Å². The van der Waals surface area contributed by atoms with Crippen molar-refractivity contribution >= 4 is 11.8 Å². The van der Waals surface area contributed by atoms with E-state index in [0.717, 1.165) is 12.8 Å². The molecule has 0 radical (unpaired) electrons. The Morgan fingerprint density at radius 3 is 1.55 bits per heavy atom. The van der Waals surface area contributed by atoms with Crippen molar-refractivity contribution in [2.24, 2.45) is 0 Å². The number of carbonyl (C=O) groups excluding carboxylic acids is 2. The van der Waals surface area contributed by atoms with Crippen LogP contribution in [0.4, 0.5) is 0 Å². The molecule has 2 heterocycles. The smallest absolute Gasteiger partial charge is 0.222 e. The first kappa shape index (κ1) is 14.7. The summed E-state index contributed by atoms with van der Waals surface area (Å²) in [5.74, 6) is 0.259. The van der Waals surface area contributed by atoms with Crippen LogP contribution in [0.25, 0.3) is 0 Å². The lowest BCUT2D eigenvalue weighted by Gasteiger charge is -2.19. The van der Waals surface area contributed by atoms with Gasteiger partial charge in [0.15, 0.2) is 0 Å². The van der Waals surface area contributed by atoms with Crippen molar-refractivity contribution < 1.29 is 19.8 Å². The largest absolute Gasteiger partial charge is 0.508 e. The second kappa shape index (κ2) is 5.87. The van der Waals surface area contributed by atoms with Gasteiger partial charge in [0.05, 0.1) is 0 Å². The van der Waals surface area contributed by atoms with Crippen molar-refractivity contribution in [1.82, 2.24) is 9.80 Å². The lowest BCUT2D eigenvalue weighted by atomic mass is 10.1. The van der Waals surface area contributed by atoms with Gasteiger partial charge in [-0.3, -0.25) is 9.59 Å². The quantitative estimate of drug-likeness (QED) is 0.823. The normalized spacial score (nSPS) is 18.5. The van der Waals surface area contributed by atoms with Crippen LogP contribution in [0.5, 0.6) is 11.5 Å². The Hall–Kier alpha value is -2.24. The Balaban J connectivity index is 1.75. The van der Waals surface area contributed by atoms with Crippen LogP contribution < -0.4 is 0 Å². The molecule has 22 heavy (non-hydrogen) atoms. The summed E-state index contributed by atoms with van der Waals surface area (Å²) in [4.78, 5) is 26.6. The molecule has 0 aromatic heterocycles. The van der Waals surface area contributed by atoms with E-state index >= 15 is 0 Å². The molecule has 0 unspecified atom stereocenters. The maximum absolute atomic E-state index is 11.6. The first-order chi connectivity index (χ1) is 10.5. The number of aromatic hydroxyl groups is 2. The van der Waals surface area contributed by atoms with Crippen LogP contribution in [0.2, 0.25) is 0 Å². The third-order valence-electron chi connectivity index (χ3n) is 4.35. The monoisotopic (exact) mass is 304 g/mol. The summed E-state index contributed by atoms with van der Waals surface area (Å²) in [6.07, 6.45) is 2.76. The highest BCUT2D eigenvalue weighted by Gasteiger charge is 2.24. The molecule has 1 aromatic rings. The summed E-state index contributed by atoms with van der Waals surface area (Å²) >= 11 is 0. The van der Waals surface area contributed by atoms with E-state index in [1.807, 2.05) is 0 Å². The molecule has 6 heteroatoms. The maximum atomic E-state index is 11.6. The molecular formula is C16H20N2O4. The standard InChI is InChI=1S/C16H20N2O4/c19-13-8-12(10-18-6-2-4-16(18)22)14(20)7-11(13)9-17-5-1-3-15(17)21/h7-8,19-20H,1-6,9-10H2. The maximum Gasteiger partial charge on any atom is 0.222 e. The Kier molecular flexibility index (Phi) is 3.92. The molecule has 1 aromatic carbocycles. The number of phenols is 2. The lowest BCUT2D eigenvalue weighted by molar-refractivity contribution is -0.129. The molecule has 118 valence electrons. The number of rotatable bonds is 4. The van der Waals surface area contributed by atoms with Crippen LogP contribution in [0.3, 0.4) is 0 Å². The van der Waals surface area contributed by atoms with Crippen LogP contribution in [0, 0.1) is 0 Å². The van der Waals surface area contributed by atoms with Crippen LogP contribution in [0.15, 0.2) is 12.1 Å². The minimum absolute atomic E-state index is 0.0548. The van der Waals surface area contributed by atoms with Gasteiger partial charge in [-0.2, -0.15) is 0 Å². The SMILES string of the molecule is O=C1CCCN1Cc1cc(O)c(CN2CCCC2=O)cc1O. The Morgan fingerprint density at radius 1 is 0.818 bits per heavy atom. The number of amides is 2. The molecule has 0 atom stereocenters. The van der Waals surface area contributed by atoms with Crippen LogP contribution in [-0.4, -0.2) is 44.9 Å². The van der Waals surface area contributed by atoms with Crippen molar-refractivity contribution in [2.75, 3.05) is 13.1 Å². The summed E-state index contributed by atoms with van der Waals surface area (Å²) < 4.78 is 0. The predicted molar refractivity (Wildman–Crippen MR) is 79.1 cm³/mol. The number of nitrogens with zero attached hydrogens (tertiary/aromatic N) is 2. The summed E-state index contributed by atoms with van der Waals surface area (Å²) in [6, 6.07) is 2.99. The van der Waals surface area contributed by atoms with Gasteiger partial charge in [0.1, 0.15) is 11.5 Å². The van der Waals surface area contributed by atoms with Gasteiger partial charge in [-0.1, -0.05) is 0 Å². The first-order valence-corrected chi connectivity index (χ1v) is 7.64. The molecular weight excluding hydrogens is 284 g/mol. The number of hydrogen-bond donors (Lipinski definition) is 2. The topological polar surface area (TPSA) is 81.1 Å². The van der Waals surface area contributed by atoms with E-state index in [9.17, 15) is 19.8 Å². The van der Waals surface area contributed by atoms with E-state index in [1.165, 1.54) is 12.1 Å². The third kappa shape index (κ3) is 2.86. The van der Waals surface area contributed by atoms with Gasteiger partial charge in [0.2, 0.25) is 11.8 Å². The van der Waals surface area contributed by atoms with Crippen molar-refractivity contribution in [1.29, 1.82) is 0 Å². The highest BCUT2D eigenvalue weighted by atomic mass is 16.3. The Bertz CT molecular complexity index is 561. The van der Waals surface area contributed by atoms with Crippen molar-refractivity contribution in [3.05, 3.63) is 23.3 Å². The van der Waals surface area contributed by atoms with Crippen molar-refractivity contribution in [2.45, 2.75) is 38.8 Å². The van der Waals surface area contributed by atoms with E-state index in [2.05, 4.69) is 0 Å². The highest BCUT2D eigenvalue weighted by Crippen LogP contribution is 2.31. The fourth-order valence-corrected chi connectivity index (χ4v) is 3.07. The zero-order valence-electron chi connectivity index (χ0n) is 12.4. The van der Waals surface area contributed by atoms with Gasteiger partial charge < -0.3 is 20.0 Å². The third-order valence-corrected chi connectivity index (χ3v) is 4.35. The second-order valence-electron chi connectivity index (χ2n) is 5.95. The second-order valence-corrected chi connectivity index (χ2v) is 5.95. The van der Waals surface area contributed by atoms with Gasteiger partial charge in [0.25, 0.3) is 0 Å². The van der Waals surface area contributed by atoms with Crippen LogP contribution in [-0.2, 0) is 22.7 Å².